The first-order chi connectivity index (χ1) is 9.50. The molecular weight excluding hydrogens is 340 g/mol. The van der Waals surface area contributed by atoms with E-state index in [2.05, 4.69) is 15.9 Å². The molecule has 5 heteroatoms. The molecule has 0 spiro atoms. The maximum Gasteiger partial charge on any atom is 0.336 e. The molecule has 0 saturated heterocycles. The van der Waals surface area contributed by atoms with E-state index < -0.39 is 16.8 Å². The van der Waals surface area contributed by atoms with Crippen LogP contribution in [0, 0.1) is 0 Å². The average molecular weight is 353 g/mol. The Morgan fingerprint density at radius 1 is 1.20 bits per heavy atom. The number of halogens is 1. The molecule has 0 aliphatic heterocycles. The van der Waals surface area contributed by atoms with E-state index >= 15 is 0 Å². The van der Waals surface area contributed by atoms with Crippen molar-refractivity contribution in [1.29, 1.82) is 0 Å². The van der Waals surface area contributed by atoms with Gasteiger partial charge < -0.3 is 5.11 Å². The van der Waals surface area contributed by atoms with E-state index in [1.54, 1.807) is 12.1 Å². The van der Waals surface area contributed by atoms with E-state index in [0.29, 0.717) is 9.37 Å². The molecule has 1 N–H and O–H groups in total. The number of hydrogen-bond acceptors (Lipinski definition) is 2. The van der Waals surface area contributed by atoms with E-state index in [1.165, 1.54) is 6.07 Å². The second-order valence-corrected chi connectivity index (χ2v) is 6.95. The quantitative estimate of drug-likeness (QED) is 0.903. The highest BCUT2D eigenvalue weighted by atomic mass is 79.9. The summed E-state index contributed by atoms with van der Waals surface area (Å²) in [5, 5.41) is 8.93. The molecule has 3 nitrogen and oxygen atoms in total. The van der Waals surface area contributed by atoms with Gasteiger partial charge in [0.1, 0.15) is 0 Å². The lowest BCUT2D eigenvalue weighted by atomic mass is 10.2. The first-order valence-corrected chi connectivity index (χ1v) is 7.99. The van der Waals surface area contributed by atoms with Gasteiger partial charge in [-0.3, -0.25) is 4.21 Å². The molecule has 0 aromatic heterocycles. The summed E-state index contributed by atoms with van der Waals surface area (Å²) in [5.74, 6) is -1.07. The number of carbonyl (C=O) groups is 1. The van der Waals surface area contributed by atoms with Crippen LogP contribution in [-0.4, -0.2) is 15.3 Å². The number of rotatable bonds is 4. The summed E-state index contributed by atoms with van der Waals surface area (Å²) in [6.45, 7) is 1.83. The molecule has 0 radical (unpaired) electrons. The summed E-state index contributed by atoms with van der Waals surface area (Å²) >= 11 is 3.29. The predicted molar refractivity (Wildman–Crippen MR) is 82.4 cm³/mol. The van der Waals surface area contributed by atoms with Crippen molar-refractivity contribution in [1.82, 2.24) is 0 Å². The number of benzene rings is 2. The second kappa shape index (κ2) is 6.33. The van der Waals surface area contributed by atoms with Crippen molar-refractivity contribution >= 4 is 32.7 Å². The summed E-state index contributed by atoms with van der Waals surface area (Å²) < 4.78 is 13.4. The third-order valence-electron chi connectivity index (χ3n) is 2.98. The highest BCUT2D eigenvalue weighted by Crippen LogP contribution is 2.28. The molecule has 0 aliphatic rings. The van der Waals surface area contributed by atoms with Gasteiger partial charge in [-0.05, 0) is 30.7 Å². The largest absolute Gasteiger partial charge is 0.478 e. The molecule has 2 rings (SSSR count). The van der Waals surface area contributed by atoms with Gasteiger partial charge in [0.25, 0.3) is 0 Å². The average Bonchev–Trinajstić information content (AvgIpc) is 2.46. The van der Waals surface area contributed by atoms with Crippen molar-refractivity contribution in [2.45, 2.75) is 17.1 Å². The van der Waals surface area contributed by atoms with Crippen molar-refractivity contribution in [3.63, 3.8) is 0 Å². The Morgan fingerprint density at radius 2 is 1.85 bits per heavy atom. The Morgan fingerprint density at radius 3 is 2.45 bits per heavy atom. The molecule has 0 amide bonds. The molecule has 0 aliphatic carbocycles. The van der Waals surface area contributed by atoms with Gasteiger partial charge in [-0.2, -0.15) is 0 Å². The SMILES string of the molecule is CC(c1ccccc1)S(=O)c1cc(Br)ccc1C(=O)O. The van der Waals surface area contributed by atoms with Crippen molar-refractivity contribution < 1.29 is 14.1 Å². The highest BCUT2D eigenvalue weighted by molar-refractivity contribution is 9.10. The molecule has 2 unspecified atom stereocenters. The van der Waals surface area contributed by atoms with Crippen LogP contribution in [0.25, 0.3) is 0 Å². The molecule has 0 heterocycles. The monoisotopic (exact) mass is 352 g/mol. The lowest BCUT2D eigenvalue weighted by molar-refractivity contribution is 0.0693. The molecule has 2 aromatic rings. The number of hydrogen-bond donors (Lipinski definition) is 1. The molecule has 0 saturated carbocycles. The normalized spacial score (nSPS) is 13.7. The van der Waals surface area contributed by atoms with Crippen LogP contribution < -0.4 is 0 Å². The summed E-state index contributed by atoms with van der Waals surface area (Å²) in [4.78, 5) is 11.6. The minimum Gasteiger partial charge on any atom is -0.478 e. The van der Waals surface area contributed by atoms with Gasteiger partial charge in [0, 0.05) is 4.47 Å². The van der Waals surface area contributed by atoms with Crippen LogP contribution in [0.5, 0.6) is 0 Å². The molecule has 2 atom stereocenters. The molecule has 0 fully saturated rings. The van der Waals surface area contributed by atoms with Crippen molar-refractivity contribution in [2.24, 2.45) is 0 Å². The molecule has 104 valence electrons. The summed E-state index contributed by atoms with van der Waals surface area (Å²) in [7, 11) is -1.43. The van der Waals surface area contributed by atoms with Gasteiger partial charge in [0.15, 0.2) is 0 Å². The van der Waals surface area contributed by atoms with E-state index in [9.17, 15) is 14.1 Å². The highest BCUT2D eigenvalue weighted by Gasteiger charge is 2.21. The maximum atomic E-state index is 12.6. The fourth-order valence-electron chi connectivity index (χ4n) is 1.88. The standard InChI is InChI=1S/C15H13BrO3S/c1-10(11-5-3-2-4-6-11)20(19)14-9-12(16)7-8-13(14)15(17)18/h2-10H,1H3,(H,17,18). The summed E-state index contributed by atoms with van der Waals surface area (Å²) in [5.41, 5.74) is 0.997. The lowest BCUT2D eigenvalue weighted by Gasteiger charge is -2.14. The zero-order chi connectivity index (χ0) is 14.7. The molecular formula is C15H13BrO3S. The Hall–Kier alpha value is -1.46. The van der Waals surface area contributed by atoms with Gasteiger partial charge in [0.05, 0.1) is 26.5 Å². The summed E-state index contributed by atoms with van der Waals surface area (Å²) in [6, 6.07) is 14.1. The fraction of sp³-hybridized carbons (Fsp3) is 0.133. The Bertz CT molecular complexity index is 655. The third-order valence-corrected chi connectivity index (χ3v) is 5.16. The van der Waals surface area contributed by atoms with Crippen LogP contribution >= 0.6 is 15.9 Å². The predicted octanol–water partition coefficient (Wildman–Crippen LogP) is 4.02. The van der Waals surface area contributed by atoms with Crippen LogP contribution in [0.3, 0.4) is 0 Å². The minimum atomic E-state index is -1.43. The topological polar surface area (TPSA) is 54.4 Å². The smallest absolute Gasteiger partial charge is 0.336 e. The Kier molecular flexibility index (Phi) is 4.73. The van der Waals surface area contributed by atoms with E-state index in [-0.39, 0.29) is 10.8 Å². The van der Waals surface area contributed by atoms with Crippen LogP contribution in [0.1, 0.15) is 28.1 Å². The number of aromatic carboxylic acids is 1. The van der Waals surface area contributed by atoms with Crippen LogP contribution in [0.15, 0.2) is 57.9 Å². The van der Waals surface area contributed by atoms with Gasteiger partial charge in [-0.15, -0.1) is 0 Å². The van der Waals surface area contributed by atoms with E-state index in [1.807, 2.05) is 37.3 Å². The number of carboxylic acid groups (broad SMARTS) is 1. The van der Waals surface area contributed by atoms with Gasteiger partial charge in [0.2, 0.25) is 0 Å². The second-order valence-electron chi connectivity index (χ2n) is 4.30. The van der Waals surface area contributed by atoms with Crippen LogP contribution in [0.4, 0.5) is 0 Å². The minimum absolute atomic E-state index is 0.0781. The lowest BCUT2D eigenvalue weighted by Crippen LogP contribution is -2.09. The summed E-state index contributed by atoms with van der Waals surface area (Å²) in [6.07, 6.45) is 0. The zero-order valence-corrected chi connectivity index (χ0v) is 13.1. The van der Waals surface area contributed by atoms with E-state index in [4.69, 9.17) is 0 Å². The van der Waals surface area contributed by atoms with Gasteiger partial charge in [-0.25, -0.2) is 4.79 Å². The third kappa shape index (κ3) is 3.16. The van der Waals surface area contributed by atoms with Crippen LogP contribution in [0.2, 0.25) is 0 Å². The molecule has 20 heavy (non-hydrogen) atoms. The fourth-order valence-corrected chi connectivity index (χ4v) is 3.79. The first-order valence-electron chi connectivity index (χ1n) is 5.99. The maximum absolute atomic E-state index is 12.6. The first kappa shape index (κ1) is 14.9. The molecule has 0 bridgehead atoms. The van der Waals surface area contributed by atoms with E-state index in [0.717, 1.165) is 5.56 Å². The van der Waals surface area contributed by atoms with Crippen molar-refractivity contribution in [3.05, 3.63) is 64.1 Å². The Balaban J connectivity index is 2.43. The molecule has 2 aromatic carbocycles. The van der Waals surface area contributed by atoms with Crippen molar-refractivity contribution in [2.75, 3.05) is 0 Å². The number of carboxylic acids is 1. The van der Waals surface area contributed by atoms with Gasteiger partial charge >= 0.3 is 5.97 Å². The van der Waals surface area contributed by atoms with Gasteiger partial charge in [-0.1, -0.05) is 46.3 Å². The zero-order valence-electron chi connectivity index (χ0n) is 10.7. The van der Waals surface area contributed by atoms with Crippen molar-refractivity contribution in [3.8, 4) is 0 Å². The van der Waals surface area contributed by atoms with Crippen LogP contribution in [-0.2, 0) is 10.8 Å². The Labute approximate surface area is 128 Å².